The number of pyridine rings is 1. The lowest BCUT2D eigenvalue weighted by molar-refractivity contribution is 0.565. The van der Waals surface area contributed by atoms with Gasteiger partial charge in [-0.1, -0.05) is 11.6 Å². The summed E-state index contributed by atoms with van der Waals surface area (Å²) in [5.41, 5.74) is 3.54. The fraction of sp³-hybridized carbons (Fsp3) is 0.300. The maximum absolute atomic E-state index is 5.63. The third kappa shape index (κ3) is 3.82. The number of hydrogen-bond acceptors (Lipinski definition) is 4. The summed E-state index contributed by atoms with van der Waals surface area (Å²) in [5, 5.41) is 2.13. The van der Waals surface area contributed by atoms with E-state index in [4.69, 9.17) is 9.41 Å². The fourth-order valence-corrected chi connectivity index (χ4v) is 4.11. The first-order valence-electron chi connectivity index (χ1n) is 8.75. The van der Waals surface area contributed by atoms with Gasteiger partial charge in [-0.25, -0.2) is 4.99 Å². The second kappa shape index (κ2) is 7.66. The molecule has 3 aromatic heterocycles. The van der Waals surface area contributed by atoms with Crippen molar-refractivity contribution in [3.8, 4) is 11.5 Å². The van der Waals surface area contributed by atoms with Gasteiger partial charge in [0.05, 0.1) is 23.8 Å². The van der Waals surface area contributed by atoms with Crippen LogP contribution in [0.4, 0.5) is 5.69 Å². The van der Waals surface area contributed by atoms with Gasteiger partial charge >= 0.3 is 0 Å². The standard InChI is InChI=1S/C20H21N3OS/c1-2-6-16(7-3-1)10-12-23-18(19-9-5-13-24-19)15-25-20(23)22-17-8-4-11-21-14-17/h4-6,8-9,11,13-15H,1-3,7,10,12H2. The minimum atomic E-state index is 0.876. The van der Waals surface area contributed by atoms with Gasteiger partial charge in [0.15, 0.2) is 10.6 Å². The predicted octanol–water partition coefficient (Wildman–Crippen LogP) is 5.33. The lowest BCUT2D eigenvalue weighted by atomic mass is 9.97. The molecule has 25 heavy (non-hydrogen) atoms. The van der Waals surface area contributed by atoms with E-state index in [1.807, 2.05) is 24.3 Å². The van der Waals surface area contributed by atoms with E-state index in [2.05, 4.69) is 21.0 Å². The van der Waals surface area contributed by atoms with E-state index in [1.54, 1.807) is 35.6 Å². The van der Waals surface area contributed by atoms with Gasteiger partial charge in [-0.2, -0.15) is 0 Å². The third-order valence-corrected chi connectivity index (χ3v) is 5.35. The van der Waals surface area contributed by atoms with Gasteiger partial charge in [-0.3, -0.25) is 4.98 Å². The van der Waals surface area contributed by atoms with Crippen molar-refractivity contribution >= 4 is 17.0 Å². The normalized spacial score (nSPS) is 15.4. The summed E-state index contributed by atoms with van der Waals surface area (Å²) in [6.45, 7) is 0.921. The van der Waals surface area contributed by atoms with E-state index in [1.165, 1.54) is 25.7 Å². The van der Waals surface area contributed by atoms with Crippen molar-refractivity contribution in [2.45, 2.75) is 38.6 Å². The van der Waals surface area contributed by atoms with Gasteiger partial charge in [0, 0.05) is 18.1 Å². The maximum Gasteiger partial charge on any atom is 0.190 e. The molecule has 4 rings (SSSR count). The Morgan fingerprint density at radius 1 is 1.24 bits per heavy atom. The van der Waals surface area contributed by atoms with Gasteiger partial charge in [0.25, 0.3) is 0 Å². The number of rotatable bonds is 5. The van der Waals surface area contributed by atoms with Crippen LogP contribution >= 0.6 is 11.3 Å². The van der Waals surface area contributed by atoms with Crippen LogP contribution in [0.25, 0.3) is 11.5 Å². The Bertz CT molecular complexity index is 904. The first-order chi connectivity index (χ1) is 12.4. The Morgan fingerprint density at radius 3 is 3.00 bits per heavy atom. The van der Waals surface area contributed by atoms with Crippen LogP contribution in [0.3, 0.4) is 0 Å². The van der Waals surface area contributed by atoms with E-state index in [0.29, 0.717) is 0 Å². The highest BCUT2D eigenvalue weighted by Crippen LogP contribution is 2.24. The number of furan rings is 1. The molecule has 0 amide bonds. The van der Waals surface area contributed by atoms with E-state index >= 15 is 0 Å². The van der Waals surface area contributed by atoms with E-state index in [-0.39, 0.29) is 0 Å². The topological polar surface area (TPSA) is 43.3 Å². The molecule has 5 heteroatoms. The summed E-state index contributed by atoms with van der Waals surface area (Å²) in [7, 11) is 0. The van der Waals surface area contributed by atoms with Crippen LogP contribution in [0.15, 0.2) is 69.4 Å². The van der Waals surface area contributed by atoms with Crippen molar-refractivity contribution in [2.75, 3.05) is 0 Å². The molecule has 0 atom stereocenters. The molecule has 0 aromatic carbocycles. The van der Waals surface area contributed by atoms with Gasteiger partial charge in [-0.15, -0.1) is 11.3 Å². The molecule has 3 aromatic rings. The molecule has 0 spiro atoms. The van der Waals surface area contributed by atoms with E-state index in [0.717, 1.165) is 34.9 Å². The lowest BCUT2D eigenvalue weighted by Crippen LogP contribution is -2.16. The Morgan fingerprint density at radius 2 is 2.24 bits per heavy atom. The van der Waals surface area contributed by atoms with Crippen molar-refractivity contribution < 1.29 is 4.42 Å². The van der Waals surface area contributed by atoms with Crippen LogP contribution in [-0.4, -0.2) is 9.55 Å². The van der Waals surface area contributed by atoms with E-state index < -0.39 is 0 Å². The summed E-state index contributed by atoms with van der Waals surface area (Å²) < 4.78 is 7.90. The molecular formula is C20H21N3OS. The molecule has 4 nitrogen and oxygen atoms in total. The van der Waals surface area contributed by atoms with Crippen molar-refractivity contribution in [2.24, 2.45) is 4.99 Å². The molecule has 0 radical (unpaired) electrons. The molecule has 0 unspecified atom stereocenters. The second-order valence-corrected chi connectivity index (χ2v) is 7.05. The smallest absolute Gasteiger partial charge is 0.190 e. The fourth-order valence-electron chi connectivity index (χ4n) is 3.17. The Kier molecular flexibility index (Phi) is 4.93. The molecule has 0 saturated carbocycles. The molecule has 0 bridgehead atoms. The largest absolute Gasteiger partial charge is 0.463 e. The summed E-state index contributed by atoms with van der Waals surface area (Å²) in [4.78, 5) is 9.94. The van der Waals surface area contributed by atoms with Crippen molar-refractivity contribution in [3.05, 3.63) is 64.8 Å². The van der Waals surface area contributed by atoms with Gasteiger partial charge in [-0.05, 0) is 56.4 Å². The maximum atomic E-state index is 5.63. The Hall–Kier alpha value is -2.40. The molecular weight excluding hydrogens is 330 g/mol. The highest BCUT2D eigenvalue weighted by molar-refractivity contribution is 7.07. The number of hydrogen-bond donors (Lipinski definition) is 0. The average Bonchev–Trinajstić information content (AvgIpc) is 3.31. The van der Waals surface area contributed by atoms with Crippen molar-refractivity contribution in [1.29, 1.82) is 0 Å². The summed E-state index contributed by atoms with van der Waals surface area (Å²) in [6, 6.07) is 7.83. The summed E-state index contributed by atoms with van der Waals surface area (Å²) in [5.74, 6) is 0.890. The number of nitrogens with zero attached hydrogens (tertiary/aromatic N) is 3. The van der Waals surface area contributed by atoms with Gasteiger partial charge in [0.1, 0.15) is 0 Å². The average molecular weight is 351 g/mol. The monoisotopic (exact) mass is 351 g/mol. The van der Waals surface area contributed by atoms with Gasteiger partial charge < -0.3 is 8.98 Å². The van der Waals surface area contributed by atoms with Crippen LogP contribution in [0, 0.1) is 0 Å². The van der Waals surface area contributed by atoms with Crippen LogP contribution in [0.1, 0.15) is 32.1 Å². The molecule has 0 aliphatic heterocycles. The zero-order chi connectivity index (χ0) is 16.9. The molecule has 1 aliphatic carbocycles. The van der Waals surface area contributed by atoms with Crippen LogP contribution in [0.2, 0.25) is 0 Å². The zero-order valence-corrected chi connectivity index (χ0v) is 14.9. The number of aromatic nitrogens is 2. The number of thiazole rings is 1. The highest BCUT2D eigenvalue weighted by atomic mass is 32.1. The minimum absolute atomic E-state index is 0.876. The summed E-state index contributed by atoms with van der Waals surface area (Å²) in [6.07, 6.45) is 13.9. The predicted molar refractivity (Wildman–Crippen MR) is 101 cm³/mol. The van der Waals surface area contributed by atoms with Crippen LogP contribution in [0.5, 0.6) is 0 Å². The van der Waals surface area contributed by atoms with Crippen molar-refractivity contribution in [3.63, 3.8) is 0 Å². The minimum Gasteiger partial charge on any atom is -0.463 e. The van der Waals surface area contributed by atoms with E-state index in [9.17, 15) is 0 Å². The molecule has 1 aliphatic rings. The highest BCUT2D eigenvalue weighted by Gasteiger charge is 2.12. The molecule has 0 N–H and O–H groups in total. The lowest BCUT2D eigenvalue weighted by Gasteiger charge is -2.14. The molecule has 3 heterocycles. The van der Waals surface area contributed by atoms with Crippen LogP contribution < -0.4 is 4.80 Å². The van der Waals surface area contributed by atoms with Crippen molar-refractivity contribution in [1.82, 2.24) is 9.55 Å². The van der Waals surface area contributed by atoms with Gasteiger partial charge in [0.2, 0.25) is 0 Å². The first-order valence-corrected chi connectivity index (χ1v) is 9.63. The number of allylic oxidation sites excluding steroid dienone is 2. The second-order valence-electron chi connectivity index (χ2n) is 6.21. The Balaban J connectivity index is 1.69. The Labute approximate surface area is 151 Å². The first kappa shape index (κ1) is 16.1. The molecule has 128 valence electrons. The third-order valence-electron chi connectivity index (χ3n) is 4.48. The molecule has 0 fully saturated rings. The SMILES string of the molecule is C1=C(CCn2c(-c3ccco3)csc2=Nc2cccnc2)CCCC1. The zero-order valence-electron chi connectivity index (χ0n) is 14.1. The molecule has 0 saturated heterocycles. The summed E-state index contributed by atoms with van der Waals surface area (Å²) >= 11 is 1.64. The van der Waals surface area contributed by atoms with Crippen LogP contribution in [-0.2, 0) is 6.54 Å². The quantitative estimate of drug-likeness (QED) is 0.583.